The average Bonchev–Trinajstić information content (AvgIpc) is 3.90. The molecular weight excluding hydrogens is 649 g/mol. The van der Waals surface area contributed by atoms with Gasteiger partial charge in [0.25, 0.3) is 5.79 Å². The summed E-state index contributed by atoms with van der Waals surface area (Å²) >= 11 is 0. The van der Waals surface area contributed by atoms with E-state index in [0.717, 1.165) is 85.0 Å². The lowest BCUT2D eigenvalue weighted by Crippen LogP contribution is -2.26. The summed E-state index contributed by atoms with van der Waals surface area (Å²) in [6.45, 7) is 8.00. The van der Waals surface area contributed by atoms with Crippen molar-refractivity contribution in [3.8, 4) is 56.9 Å². The van der Waals surface area contributed by atoms with Crippen LogP contribution in [0.3, 0.4) is 0 Å². The van der Waals surface area contributed by atoms with Crippen LogP contribution >= 0.6 is 0 Å². The maximum absolute atomic E-state index is 5.60. The summed E-state index contributed by atoms with van der Waals surface area (Å²) in [6.07, 6.45) is 0. The first-order chi connectivity index (χ1) is 25.6. The molecule has 8 rings (SSSR count). The van der Waals surface area contributed by atoms with Crippen molar-refractivity contribution in [2.24, 2.45) is 9.98 Å². The van der Waals surface area contributed by atoms with Crippen LogP contribution in [0.1, 0.15) is 44.4 Å². The molecule has 264 valence electrons. The second kappa shape index (κ2) is 15.4. The Morgan fingerprint density at radius 2 is 0.846 bits per heavy atom. The van der Waals surface area contributed by atoms with E-state index in [1.165, 1.54) is 0 Å². The Morgan fingerprint density at radius 3 is 1.27 bits per heavy atom. The van der Waals surface area contributed by atoms with Gasteiger partial charge in [-0.3, -0.25) is 4.57 Å². The molecule has 2 aliphatic heterocycles. The molecule has 0 fully saturated rings. The Labute approximate surface area is 306 Å². The molecule has 1 aromatic heterocycles. The summed E-state index contributed by atoms with van der Waals surface area (Å²) in [5.74, 6) is 2.71. The maximum Gasteiger partial charge on any atom is 0.262 e. The van der Waals surface area contributed by atoms with Gasteiger partial charge in [0, 0.05) is 33.4 Å². The zero-order valence-electron chi connectivity index (χ0n) is 31.0. The summed E-state index contributed by atoms with van der Waals surface area (Å²) in [5.41, 5.74) is 8.95. The molecule has 5 aromatic carbocycles. The van der Waals surface area contributed by atoms with Gasteiger partial charge in [-0.05, 0) is 97.1 Å². The van der Waals surface area contributed by atoms with Crippen LogP contribution in [0, 0.1) is 0 Å². The molecular formula is C44H44N4O4. The quantitative estimate of drug-likeness (QED) is 0.159. The highest BCUT2D eigenvalue weighted by molar-refractivity contribution is 6.54. The first-order valence-electron chi connectivity index (χ1n) is 17.6. The summed E-state index contributed by atoms with van der Waals surface area (Å²) in [6, 6.07) is 40.2. The number of ether oxygens (including phenoxy) is 4. The number of hydrogen-bond donors (Lipinski definition) is 0. The Morgan fingerprint density at radius 1 is 0.462 bits per heavy atom. The molecule has 0 unspecified atom stereocenters. The van der Waals surface area contributed by atoms with E-state index in [-0.39, 0.29) is 0 Å². The van der Waals surface area contributed by atoms with Crippen LogP contribution < -0.4 is 18.9 Å². The van der Waals surface area contributed by atoms with Crippen LogP contribution in [0.25, 0.3) is 33.9 Å². The van der Waals surface area contributed by atoms with Crippen LogP contribution in [0.5, 0.6) is 23.0 Å². The van der Waals surface area contributed by atoms with Crippen molar-refractivity contribution in [1.29, 1.82) is 0 Å². The van der Waals surface area contributed by atoms with E-state index in [2.05, 4.69) is 28.8 Å². The number of imidazole rings is 1. The Kier molecular flexibility index (Phi) is 10.6. The minimum Gasteiger partial charge on any atom is -0.497 e. The van der Waals surface area contributed by atoms with Gasteiger partial charge in [0.2, 0.25) is 0 Å². The smallest absolute Gasteiger partial charge is 0.262 e. The van der Waals surface area contributed by atoms with Crippen LogP contribution in [0.4, 0.5) is 0 Å². The van der Waals surface area contributed by atoms with Gasteiger partial charge in [-0.1, -0.05) is 52.0 Å². The number of fused-ring (bicyclic) bond motifs is 5. The Hall–Kier alpha value is -6.15. The molecule has 0 aliphatic carbocycles. The van der Waals surface area contributed by atoms with E-state index in [1.807, 2.05) is 125 Å². The fraction of sp³-hybridized carbons (Fsp3) is 0.205. The van der Waals surface area contributed by atoms with Crippen LogP contribution in [0.2, 0.25) is 0 Å². The largest absolute Gasteiger partial charge is 0.497 e. The first-order valence-corrected chi connectivity index (χ1v) is 17.6. The van der Waals surface area contributed by atoms with Gasteiger partial charge in [-0.15, -0.1) is 0 Å². The highest BCUT2D eigenvalue weighted by Gasteiger charge is 2.50. The standard InChI is InChI=1S/C40H32N4O4.2C2H6/c1-45-29-17-9-25(10-18-29)35-36(26-11-19-30(46-2)20-12-26)43-40(42-35)34-8-6-5-7-33(34)39-41-37(27-13-21-31(47-3)22-14-27)38(44(39)40)28-15-23-32(48-4)24-16-28;2*1-2/h5-24H,1-4H3;2*1-2H3. The number of benzene rings is 5. The fourth-order valence-electron chi connectivity index (χ4n) is 6.52. The molecule has 0 bridgehead atoms. The monoisotopic (exact) mass is 692 g/mol. The van der Waals surface area contributed by atoms with Crippen molar-refractivity contribution in [1.82, 2.24) is 9.55 Å². The molecule has 0 radical (unpaired) electrons. The summed E-state index contributed by atoms with van der Waals surface area (Å²) in [5, 5.41) is 0. The molecule has 8 nitrogen and oxygen atoms in total. The summed E-state index contributed by atoms with van der Waals surface area (Å²) in [7, 11) is 6.67. The minimum absolute atomic E-state index is 0.768. The van der Waals surface area contributed by atoms with Crippen molar-refractivity contribution in [2.45, 2.75) is 33.5 Å². The topological polar surface area (TPSA) is 79.5 Å². The number of methoxy groups -OCH3 is 4. The normalized spacial score (nSPS) is 13.0. The molecule has 6 aromatic rings. The highest BCUT2D eigenvalue weighted by atomic mass is 16.5. The number of rotatable bonds is 8. The number of hydrogen-bond acceptors (Lipinski definition) is 7. The molecule has 8 heteroatoms. The lowest BCUT2D eigenvalue weighted by molar-refractivity contribution is 0.414. The predicted molar refractivity (Wildman–Crippen MR) is 210 cm³/mol. The van der Waals surface area contributed by atoms with Gasteiger partial charge in [0.15, 0.2) is 0 Å². The Bertz CT molecular complexity index is 2140. The van der Waals surface area contributed by atoms with Crippen molar-refractivity contribution in [2.75, 3.05) is 28.4 Å². The minimum atomic E-state index is -1.16. The predicted octanol–water partition coefficient (Wildman–Crippen LogP) is 9.94. The maximum atomic E-state index is 5.60. The van der Waals surface area contributed by atoms with Gasteiger partial charge >= 0.3 is 0 Å². The van der Waals surface area contributed by atoms with Gasteiger partial charge in [0.05, 0.1) is 51.3 Å². The third kappa shape index (κ3) is 6.10. The second-order valence-electron chi connectivity index (χ2n) is 11.5. The molecule has 0 saturated heterocycles. The van der Waals surface area contributed by atoms with Crippen molar-refractivity contribution >= 4 is 11.4 Å². The third-order valence-corrected chi connectivity index (χ3v) is 8.93. The van der Waals surface area contributed by atoms with Gasteiger partial charge in [-0.2, -0.15) is 0 Å². The molecule has 1 spiro atoms. The molecule has 3 heterocycles. The van der Waals surface area contributed by atoms with E-state index in [0.29, 0.717) is 0 Å². The molecule has 2 aliphatic rings. The van der Waals surface area contributed by atoms with Gasteiger partial charge < -0.3 is 18.9 Å². The number of aromatic nitrogens is 2. The average molecular weight is 693 g/mol. The third-order valence-electron chi connectivity index (χ3n) is 8.93. The highest BCUT2D eigenvalue weighted by Crippen LogP contribution is 2.53. The zero-order valence-corrected chi connectivity index (χ0v) is 31.0. The SMILES string of the molecule is CC.CC.COc1ccc(C2=NC3(N=C2c2ccc(OC)cc2)c2ccccc2-c2nc(-c4ccc(OC)cc4)c(-c4ccc(OC)cc4)n23)cc1. The molecule has 0 saturated carbocycles. The number of nitrogens with zero attached hydrogens (tertiary/aromatic N) is 4. The zero-order chi connectivity index (χ0) is 36.8. The van der Waals surface area contributed by atoms with E-state index < -0.39 is 5.79 Å². The van der Waals surface area contributed by atoms with Crippen LogP contribution in [0.15, 0.2) is 131 Å². The van der Waals surface area contributed by atoms with Crippen molar-refractivity contribution in [3.63, 3.8) is 0 Å². The molecule has 52 heavy (non-hydrogen) atoms. The van der Waals surface area contributed by atoms with E-state index in [4.69, 9.17) is 33.9 Å². The number of aliphatic imine (C=N–C) groups is 2. The van der Waals surface area contributed by atoms with E-state index in [1.54, 1.807) is 28.4 Å². The second-order valence-corrected chi connectivity index (χ2v) is 11.5. The van der Waals surface area contributed by atoms with Gasteiger partial charge in [0.1, 0.15) is 28.8 Å². The fourth-order valence-corrected chi connectivity index (χ4v) is 6.52. The first kappa shape index (κ1) is 35.7. The Balaban J connectivity index is 0.00000112. The lowest BCUT2D eigenvalue weighted by atomic mass is 10.00. The van der Waals surface area contributed by atoms with Gasteiger partial charge in [-0.25, -0.2) is 15.0 Å². The van der Waals surface area contributed by atoms with E-state index in [9.17, 15) is 0 Å². The molecule has 0 atom stereocenters. The summed E-state index contributed by atoms with van der Waals surface area (Å²) in [4.78, 5) is 16.6. The van der Waals surface area contributed by atoms with Crippen LogP contribution in [-0.2, 0) is 5.79 Å². The van der Waals surface area contributed by atoms with Crippen molar-refractivity contribution < 1.29 is 18.9 Å². The molecule has 0 amide bonds. The van der Waals surface area contributed by atoms with E-state index >= 15 is 0 Å². The van der Waals surface area contributed by atoms with Crippen molar-refractivity contribution in [3.05, 3.63) is 138 Å². The molecule has 0 N–H and O–H groups in total. The van der Waals surface area contributed by atoms with Crippen LogP contribution in [-0.4, -0.2) is 49.4 Å². The lowest BCUT2D eigenvalue weighted by Gasteiger charge is -2.24. The summed E-state index contributed by atoms with van der Waals surface area (Å²) < 4.78 is 24.2.